The van der Waals surface area contributed by atoms with Crippen molar-refractivity contribution >= 4 is 5.97 Å². The molecule has 4 unspecified atom stereocenters. The number of hydrogen-bond acceptors (Lipinski definition) is 2. The fraction of sp³-hybridized carbons (Fsp3) is 0.929. The average Bonchev–Trinajstić information content (AvgIpc) is 2.15. The number of carbonyl (C=O) groups excluding carboxylic acids is 1. The van der Waals surface area contributed by atoms with Crippen molar-refractivity contribution in [2.75, 3.05) is 0 Å². The van der Waals surface area contributed by atoms with Crippen molar-refractivity contribution in [3.05, 3.63) is 0 Å². The summed E-state index contributed by atoms with van der Waals surface area (Å²) in [4.78, 5) is 11.0. The van der Waals surface area contributed by atoms with Gasteiger partial charge >= 0.3 is 5.97 Å². The van der Waals surface area contributed by atoms with Crippen molar-refractivity contribution in [3.8, 4) is 0 Å². The molecule has 1 fully saturated rings. The lowest BCUT2D eigenvalue weighted by atomic mass is 9.68. The van der Waals surface area contributed by atoms with Crippen LogP contribution in [0.25, 0.3) is 0 Å². The van der Waals surface area contributed by atoms with E-state index in [4.69, 9.17) is 4.74 Å². The number of ether oxygens (including phenoxy) is 1. The van der Waals surface area contributed by atoms with E-state index in [-0.39, 0.29) is 12.1 Å². The van der Waals surface area contributed by atoms with Gasteiger partial charge in [0.25, 0.3) is 0 Å². The van der Waals surface area contributed by atoms with Gasteiger partial charge in [0.05, 0.1) is 0 Å². The minimum Gasteiger partial charge on any atom is -0.463 e. The third-order valence-corrected chi connectivity index (χ3v) is 4.03. The second kappa shape index (κ2) is 5.70. The SMILES string of the molecule is CC(=O)OC(C)C1CC(C)CCC1C(C)C. The molecule has 0 radical (unpaired) electrons. The standard InChI is InChI=1S/C14H26O2/c1-9(2)13-7-6-10(3)8-14(13)11(4)16-12(5)15/h9-11,13-14H,6-8H2,1-5H3. The number of rotatable bonds is 3. The molecule has 16 heavy (non-hydrogen) atoms. The van der Waals surface area contributed by atoms with E-state index in [1.165, 1.54) is 26.2 Å². The maximum atomic E-state index is 11.0. The summed E-state index contributed by atoms with van der Waals surface area (Å²) in [5, 5.41) is 0. The molecule has 2 heteroatoms. The van der Waals surface area contributed by atoms with Gasteiger partial charge in [-0.1, -0.05) is 27.2 Å². The summed E-state index contributed by atoms with van der Waals surface area (Å²) in [5.74, 6) is 2.58. The molecule has 1 saturated carbocycles. The molecule has 0 aliphatic heterocycles. The highest BCUT2D eigenvalue weighted by Crippen LogP contribution is 2.40. The first-order chi connectivity index (χ1) is 7.41. The molecule has 94 valence electrons. The number of hydrogen-bond donors (Lipinski definition) is 0. The molecule has 0 aromatic rings. The third kappa shape index (κ3) is 3.50. The molecule has 1 rings (SSSR count). The lowest BCUT2D eigenvalue weighted by molar-refractivity contribution is -0.150. The zero-order chi connectivity index (χ0) is 12.3. The normalized spacial score (nSPS) is 32.5. The van der Waals surface area contributed by atoms with Crippen LogP contribution in [0.15, 0.2) is 0 Å². The molecule has 0 amide bonds. The van der Waals surface area contributed by atoms with Crippen LogP contribution in [0.2, 0.25) is 0 Å². The molecule has 0 heterocycles. The van der Waals surface area contributed by atoms with Gasteiger partial charge in [-0.25, -0.2) is 0 Å². The lowest BCUT2D eigenvalue weighted by Crippen LogP contribution is -2.36. The van der Waals surface area contributed by atoms with Crippen molar-refractivity contribution in [2.45, 2.75) is 60.0 Å². The second-order valence-electron chi connectivity index (χ2n) is 5.80. The Kier molecular flexibility index (Phi) is 4.82. The molecule has 0 aromatic heterocycles. The zero-order valence-electron chi connectivity index (χ0n) is 11.3. The van der Waals surface area contributed by atoms with Crippen LogP contribution in [0, 0.1) is 23.7 Å². The predicted octanol–water partition coefficient (Wildman–Crippen LogP) is 3.65. The van der Waals surface area contributed by atoms with Gasteiger partial charge in [-0.05, 0) is 43.4 Å². The Bertz CT molecular complexity index is 235. The third-order valence-electron chi connectivity index (χ3n) is 4.03. The van der Waals surface area contributed by atoms with Crippen molar-refractivity contribution in [3.63, 3.8) is 0 Å². The van der Waals surface area contributed by atoms with E-state index in [9.17, 15) is 4.79 Å². The van der Waals surface area contributed by atoms with Gasteiger partial charge < -0.3 is 4.74 Å². The van der Waals surface area contributed by atoms with Crippen molar-refractivity contribution in [1.29, 1.82) is 0 Å². The maximum Gasteiger partial charge on any atom is 0.302 e. The van der Waals surface area contributed by atoms with Gasteiger partial charge in [-0.3, -0.25) is 4.79 Å². The Morgan fingerprint density at radius 1 is 1.19 bits per heavy atom. The van der Waals surface area contributed by atoms with Crippen LogP contribution < -0.4 is 0 Å². The highest BCUT2D eigenvalue weighted by Gasteiger charge is 2.35. The zero-order valence-corrected chi connectivity index (χ0v) is 11.3. The van der Waals surface area contributed by atoms with Crippen LogP contribution in [0.3, 0.4) is 0 Å². The number of carbonyl (C=O) groups is 1. The summed E-state index contributed by atoms with van der Waals surface area (Å²) in [7, 11) is 0. The smallest absolute Gasteiger partial charge is 0.302 e. The van der Waals surface area contributed by atoms with E-state index in [0.717, 1.165) is 5.92 Å². The van der Waals surface area contributed by atoms with E-state index >= 15 is 0 Å². The van der Waals surface area contributed by atoms with Gasteiger partial charge in [-0.2, -0.15) is 0 Å². The molecule has 0 aromatic carbocycles. The fourth-order valence-corrected chi connectivity index (χ4v) is 3.16. The molecule has 0 bridgehead atoms. The van der Waals surface area contributed by atoms with Gasteiger partial charge in [0.15, 0.2) is 0 Å². The topological polar surface area (TPSA) is 26.3 Å². The first-order valence-electron chi connectivity index (χ1n) is 6.59. The minimum atomic E-state index is -0.145. The number of esters is 1. The first-order valence-corrected chi connectivity index (χ1v) is 6.59. The second-order valence-corrected chi connectivity index (χ2v) is 5.80. The summed E-state index contributed by atoms with van der Waals surface area (Å²) in [6.45, 7) is 10.4. The molecule has 1 aliphatic carbocycles. The minimum absolute atomic E-state index is 0.0765. The van der Waals surface area contributed by atoms with Crippen LogP contribution in [0.1, 0.15) is 53.9 Å². The molecule has 2 nitrogen and oxygen atoms in total. The van der Waals surface area contributed by atoms with Crippen LogP contribution in [0.4, 0.5) is 0 Å². The molecule has 0 spiro atoms. The van der Waals surface area contributed by atoms with E-state index in [2.05, 4.69) is 27.7 Å². The monoisotopic (exact) mass is 226 g/mol. The summed E-state index contributed by atoms with van der Waals surface area (Å²) < 4.78 is 5.38. The van der Waals surface area contributed by atoms with Gasteiger partial charge in [0.1, 0.15) is 6.10 Å². The quantitative estimate of drug-likeness (QED) is 0.687. The lowest BCUT2D eigenvalue weighted by Gasteiger charge is -2.40. The molecular weight excluding hydrogens is 200 g/mol. The van der Waals surface area contributed by atoms with Crippen molar-refractivity contribution < 1.29 is 9.53 Å². The van der Waals surface area contributed by atoms with Crippen LogP contribution in [-0.4, -0.2) is 12.1 Å². The van der Waals surface area contributed by atoms with Crippen LogP contribution in [0.5, 0.6) is 0 Å². The van der Waals surface area contributed by atoms with Gasteiger partial charge in [-0.15, -0.1) is 0 Å². The Balaban J connectivity index is 2.66. The molecule has 1 aliphatic rings. The first kappa shape index (κ1) is 13.5. The van der Waals surface area contributed by atoms with Crippen LogP contribution >= 0.6 is 0 Å². The Morgan fingerprint density at radius 3 is 2.31 bits per heavy atom. The highest BCUT2D eigenvalue weighted by molar-refractivity contribution is 5.66. The van der Waals surface area contributed by atoms with E-state index < -0.39 is 0 Å². The van der Waals surface area contributed by atoms with E-state index in [0.29, 0.717) is 17.8 Å². The van der Waals surface area contributed by atoms with E-state index in [1.54, 1.807) is 0 Å². The summed E-state index contributed by atoms with van der Waals surface area (Å²) in [5.41, 5.74) is 0. The summed E-state index contributed by atoms with van der Waals surface area (Å²) >= 11 is 0. The average molecular weight is 226 g/mol. The Hall–Kier alpha value is -0.530. The Labute approximate surface area is 99.8 Å². The molecule has 4 atom stereocenters. The predicted molar refractivity (Wildman–Crippen MR) is 66.1 cm³/mol. The molecule has 0 saturated heterocycles. The fourth-order valence-electron chi connectivity index (χ4n) is 3.16. The molecular formula is C14H26O2. The summed E-state index contributed by atoms with van der Waals surface area (Å²) in [6, 6.07) is 0. The maximum absolute atomic E-state index is 11.0. The van der Waals surface area contributed by atoms with Gasteiger partial charge in [0.2, 0.25) is 0 Å². The van der Waals surface area contributed by atoms with Crippen molar-refractivity contribution in [1.82, 2.24) is 0 Å². The highest BCUT2D eigenvalue weighted by atomic mass is 16.5. The summed E-state index contributed by atoms with van der Waals surface area (Å²) in [6.07, 6.45) is 3.89. The van der Waals surface area contributed by atoms with Crippen molar-refractivity contribution in [2.24, 2.45) is 23.7 Å². The largest absolute Gasteiger partial charge is 0.463 e. The Morgan fingerprint density at radius 2 is 1.81 bits per heavy atom. The molecule has 0 N–H and O–H groups in total. The van der Waals surface area contributed by atoms with Crippen LogP contribution in [-0.2, 0) is 9.53 Å². The van der Waals surface area contributed by atoms with Gasteiger partial charge in [0, 0.05) is 6.92 Å². The van der Waals surface area contributed by atoms with E-state index in [1.807, 2.05) is 0 Å².